The Morgan fingerprint density at radius 3 is 2.65 bits per heavy atom. The molecule has 0 saturated heterocycles. The summed E-state index contributed by atoms with van der Waals surface area (Å²) < 4.78 is 22.1. The highest BCUT2D eigenvalue weighted by molar-refractivity contribution is 5.48. The zero-order valence-corrected chi connectivity index (χ0v) is 10.6. The minimum atomic E-state index is -0.653. The molecule has 0 bridgehead atoms. The molecule has 2 unspecified atom stereocenters. The fourth-order valence-electron chi connectivity index (χ4n) is 2.15. The summed E-state index contributed by atoms with van der Waals surface area (Å²) in [5.41, 5.74) is 0.951. The first-order chi connectivity index (χ1) is 8.13. The topological polar surface area (TPSA) is 36.9 Å². The summed E-state index contributed by atoms with van der Waals surface area (Å²) in [5, 5.41) is 0. The third-order valence-corrected chi connectivity index (χ3v) is 3.17. The molecule has 1 aliphatic heterocycles. The zero-order valence-electron chi connectivity index (χ0n) is 10.6. The maximum atomic E-state index is 5.86. The lowest BCUT2D eigenvalue weighted by atomic mass is 9.96. The van der Waals surface area contributed by atoms with E-state index in [1.54, 1.807) is 21.3 Å². The van der Waals surface area contributed by atoms with Crippen molar-refractivity contribution in [3.63, 3.8) is 0 Å². The van der Waals surface area contributed by atoms with Crippen molar-refractivity contribution in [3.8, 4) is 11.5 Å². The van der Waals surface area contributed by atoms with Gasteiger partial charge in [0.1, 0.15) is 11.5 Å². The first-order valence-corrected chi connectivity index (χ1v) is 5.57. The van der Waals surface area contributed by atoms with Crippen LogP contribution in [0.2, 0.25) is 0 Å². The summed E-state index contributed by atoms with van der Waals surface area (Å²) in [6, 6.07) is 5.70. The number of ether oxygens (including phenoxy) is 4. The van der Waals surface area contributed by atoms with Crippen LogP contribution in [0.1, 0.15) is 25.0 Å². The Kier molecular flexibility index (Phi) is 3.26. The Labute approximate surface area is 101 Å². The van der Waals surface area contributed by atoms with E-state index in [4.69, 9.17) is 18.9 Å². The molecule has 0 N–H and O–H groups in total. The van der Waals surface area contributed by atoms with Crippen LogP contribution >= 0.6 is 0 Å². The zero-order chi connectivity index (χ0) is 12.5. The largest absolute Gasteiger partial charge is 0.496 e. The molecule has 94 valence electrons. The minimum Gasteiger partial charge on any atom is -0.496 e. The number of benzene rings is 1. The molecule has 0 radical (unpaired) electrons. The van der Waals surface area contributed by atoms with Crippen LogP contribution in [-0.2, 0) is 9.47 Å². The molecule has 0 aromatic heterocycles. The van der Waals surface area contributed by atoms with Gasteiger partial charge in [-0.05, 0) is 12.1 Å². The molecule has 0 aliphatic carbocycles. The van der Waals surface area contributed by atoms with Gasteiger partial charge in [-0.1, -0.05) is 6.07 Å². The van der Waals surface area contributed by atoms with Crippen molar-refractivity contribution in [3.05, 3.63) is 23.8 Å². The fraction of sp³-hybridized carbons (Fsp3) is 0.538. The maximum Gasteiger partial charge on any atom is 0.210 e. The van der Waals surface area contributed by atoms with E-state index in [2.05, 4.69) is 0 Å². The molecular formula is C13H18O4. The van der Waals surface area contributed by atoms with Gasteiger partial charge in [-0.2, -0.15) is 0 Å². The molecule has 4 nitrogen and oxygen atoms in total. The van der Waals surface area contributed by atoms with Crippen LogP contribution in [0.25, 0.3) is 0 Å². The average molecular weight is 238 g/mol. The number of hydrogen-bond acceptors (Lipinski definition) is 4. The van der Waals surface area contributed by atoms with Crippen molar-refractivity contribution in [1.29, 1.82) is 0 Å². The fourth-order valence-corrected chi connectivity index (χ4v) is 2.15. The van der Waals surface area contributed by atoms with E-state index in [-0.39, 0.29) is 6.10 Å². The van der Waals surface area contributed by atoms with Gasteiger partial charge in [0.15, 0.2) is 0 Å². The Balaban J connectivity index is 2.47. The maximum absolute atomic E-state index is 5.86. The molecular weight excluding hydrogens is 220 g/mol. The second kappa shape index (κ2) is 4.55. The van der Waals surface area contributed by atoms with Crippen LogP contribution in [0.3, 0.4) is 0 Å². The summed E-state index contributed by atoms with van der Waals surface area (Å²) in [5.74, 6) is 0.888. The molecule has 4 heteroatoms. The van der Waals surface area contributed by atoms with Crippen molar-refractivity contribution >= 4 is 0 Å². The van der Waals surface area contributed by atoms with Crippen LogP contribution < -0.4 is 9.47 Å². The lowest BCUT2D eigenvalue weighted by Gasteiger charge is -2.38. The van der Waals surface area contributed by atoms with Crippen LogP contribution in [0.5, 0.6) is 11.5 Å². The molecule has 17 heavy (non-hydrogen) atoms. The molecule has 1 heterocycles. The van der Waals surface area contributed by atoms with E-state index >= 15 is 0 Å². The van der Waals surface area contributed by atoms with Crippen LogP contribution in [0.4, 0.5) is 0 Å². The van der Waals surface area contributed by atoms with Crippen LogP contribution in [0.15, 0.2) is 18.2 Å². The van der Waals surface area contributed by atoms with Gasteiger partial charge in [0.25, 0.3) is 0 Å². The third kappa shape index (κ3) is 2.10. The highest BCUT2D eigenvalue weighted by Gasteiger charge is 2.39. The van der Waals surface area contributed by atoms with Gasteiger partial charge in [0.05, 0.1) is 18.8 Å². The Hall–Kier alpha value is -1.26. The second-order valence-corrected chi connectivity index (χ2v) is 4.24. The normalized spacial score (nSPS) is 27.2. The van der Waals surface area contributed by atoms with Gasteiger partial charge in [-0.3, -0.25) is 0 Å². The highest BCUT2D eigenvalue weighted by atomic mass is 16.7. The van der Waals surface area contributed by atoms with Crippen LogP contribution in [0, 0.1) is 0 Å². The number of methoxy groups -OCH3 is 3. The highest BCUT2D eigenvalue weighted by Crippen LogP contribution is 2.45. The van der Waals surface area contributed by atoms with Crippen molar-refractivity contribution in [2.24, 2.45) is 0 Å². The summed E-state index contributed by atoms with van der Waals surface area (Å²) in [4.78, 5) is 0. The smallest absolute Gasteiger partial charge is 0.210 e. The molecule has 1 aromatic rings. The molecule has 0 fully saturated rings. The van der Waals surface area contributed by atoms with E-state index in [1.165, 1.54) is 0 Å². The predicted molar refractivity (Wildman–Crippen MR) is 63.4 cm³/mol. The Morgan fingerprint density at radius 2 is 2.06 bits per heavy atom. The second-order valence-electron chi connectivity index (χ2n) is 4.24. The lowest BCUT2D eigenvalue weighted by molar-refractivity contribution is -0.184. The van der Waals surface area contributed by atoms with E-state index in [9.17, 15) is 0 Å². The van der Waals surface area contributed by atoms with E-state index in [0.29, 0.717) is 6.42 Å². The summed E-state index contributed by atoms with van der Waals surface area (Å²) >= 11 is 0. The first-order valence-electron chi connectivity index (χ1n) is 5.57. The van der Waals surface area contributed by atoms with Gasteiger partial charge in [0, 0.05) is 27.6 Å². The van der Waals surface area contributed by atoms with Crippen molar-refractivity contribution in [2.75, 3.05) is 21.3 Å². The summed E-state index contributed by atoms with van der Waals surface area (Å²) in [7, 11) is 4.96. The Morgan fingerprint density at radius 1 is 1.29 bits per heavy atom. The van der Waals surface area contributed by atoms with Crippen LogP contribution in [-0.4, -0.2) is 27.1 Å². The van der Waals surface area contributed by atoms with E-state index in [1.807, 2.05) is 25.1 Å². The SMILES string of the molecule is COc1cccc2c1C(OC)CC(C)(OC)O2. The van der Waals surface area contributed by atoms with Gasteiger partial charge in [-0.25, -0.2) is 0 Å². The average Bonchev–Trinajstić information content (AvgIpc) is 2.36. The predicted octanol–water partition coefficient (Wildman–Crippen LogP) is 2.53. The van der Waals surface area contributed by atoms with E-state index < -0.39 is 5.79 Å². The molecule has 0 amide bonds. The third-order valence-electron chi connectivity index (χ3n) is 3.17. The van der Waals surface area contributed by atoms with E-state index in [0.717, 1.165) is 17.1 Å². The van der Waals surface area contributed by atoms with Gasteiger partial charge in [0.2, 0.25) is 5.79 Å². The number of fused-ring (bicyclic) bond motifs is 1. The van der Waals surface area contributed by atoms with Gasteiger partial charge >= 0.3 is 0 Å². The monoisotopic (exact) mass is 238 g/mol. The molecule has 2 atom stereocenters. The van der Waals surface area contributed by atoms with Gasteiger partial charge < -0.3 is 18.9 Å². The molecule has 1 aromatic carbocycles. The lowest BCUT2D eigenvalue weighted by Crippen LogP contribution is -2.40. The summed E-state index contributed by atoms with van der Waals surface area (Å²) in [6.07, 6.45) is 0.549. The summed E-state index contributed by atoms with van der Waals surface area (Å²) in [6.45, 7) is 1.90. The Bertz CT molecular complexity index is 404. The quantitative estimate of drug-likeness (QED) is 0.810. The number of rotatable bonds is 3. The van der Waals surface area contributed by atoms with Crippen molar-refractivity contribution < 1.29 is 18.9 Å². The van der Waals surface area contributed by atoms with Crippen molar-refractivity contribution in [2.45, 2.75) is 25.2 Å². The molecule has 1 aliphatic rings. The van der Waals surface area contributed by atoms with Gasteiger partial charge in [-0.15, -0.1) is 0 Å². The molecule has 0 spiro atoms. The standard InChI is InChI=1S/C13H18O4/c1-13(16-4)8-11(15-3)12-9(14-2)6-5-7-10(12)17-13/h5-7,11H,8H2,1-4H3. The first kappa shape index (κ1) is 12.2. The minimum absolute atomic E-state index is 0.0835. The molecule has 0 saturated carbocycles. The molecule has 2 rings (SSSR count). The number of hydrogen-bond donors (Lipinski definition) is 0. The van der Waals surface area contributed by atoms with Crippen molar-refractivity contribution in [1.82, 2.24) is 0 Å².